The molecule has 1 unspecified atom stereocenters. The molecule has 1 atom stereocenters. The predicted octanol–water partition coefficient (Wildman–Crippen LogP) is 2.17. The first kappa shape index (κ1) is 14.3. The molecule has 1 rings (SSSR count). The van der Waals surface area contributed by atoms with Crippen molar-refractivity contribution in [1.82, 2.24) is 15.2 Å². The fraction of sp³-hybridized carbons (Fsp3) is 0.583. The molecule has 0 aliphatic rings. The van der Waals surface area contributed by atoms with Crippen LogP contribution in [0.2, 0.25) is 0 Å². The second-order valence-electron chi connectivity index (χ2n) is 4.44. The summed E-state index contributed by atoms with van der Waals surface area (Å²) in [7, 11) is 1.88. The van der Waals surface area contributed by atoms with Gasteiger partial charge in [-0.15, -0.1) is 0 Å². The van der Waals surface area contributed by atoms with Crippen molar-refractivity contribution >= 4 is 21.8 Å². The summed E-state index contributed by atoms with van der Waals surface area (Å²) in [5.41, 5.74) is 0.690. The molecule has 0 aliphatic carbocycles. The lowest BCUT2D eigenvalue weighted by molar-refractivity contribution is 0.0940. The Kier molecular flexibility index (Phi) is 5.21. The van der Waals surface area contributed by atoms with Gasteiger partial charge in [0.2, 0.25) is 0 Å². The van der Waals surface area contributed by atoms with E-state index in [0.717, 1.165) is 4.47 Å². The van der Waals surface area contributed by atoms with Crippen LogP contribution in [-0.2, 0) is 0 Å². The lowest BCUT2D eigenvalue weighted by atomic mass is 10.3. The zero-order valence-electron chi connectivity index (χ0n) is 10.7. The minimum atomic E-state index is -0.0356. The van der Waals surface area contributed by atoms with Crippen molar-refractivity contribution in [2.75, 3.05) is 13.6 Å². The Labute approximate surface area is 111 Å². The number of hydrogen-bond acceptors (Lipinski definition) is 2. The average Bonchev–Trinajstić information content (AvgIpc) is 2.67. The fourth-order valence-corrected chi connectivity index (χ4v) is 1.93. The number of carbonyl (C=O) groups is 1. The van der Waals surface area contributed by atoms with E-state index in [1.54, 1.807) is 0 Å². The van der Waals surface area contributed by atoms with Gasteiger partial charge in [-0.05, 0) is 49.8 Å². The van der Waals surface area contributed by atoms with Gasteiger partial charge in [-0.3, -0.25) is 4.79 Å². The van der Waals surface area contributed by atoms with Crippen LogP contribution in [0.5, 0.6) is 0 Å². The standard InChI is InChI=1S/C12H20BrN3O/c1-8(2)16-7-10(13)5-11(16)12(17)15-6-9(3)14-4/h5,7-9,14H,6H2,1-4H3,(H,15,17). The van der Waals surface area contributed by atoms with E-state index in [0.29, 0.717) is 12.2 Å². The van der Waals surface area contributed by atoms with Crippen LogP contribution in [-0.4, -0.2) is 30.1 Å². The van der Waals surface area contributed by atoms with Crippen LogP contribution in [0.1, 0.15) is 37.3 Å². The summed E-state index contributed by atoms with van der Waals surface area (Å²) < 4.78 is 2.89. The summed E-state index contributed by atoms with van der Waals surface area (Å²) in [6.07, 6.45) is 1.93. The van der Waals surface area contributed by atoms with E-state index in [-0.39, 0.29) is 18.0 Å². The lowest BCUT2D eigenvalue weighted by Gasteiger charge is -2.14. The summed E-state index contributed by atoms with van der Waals surface area (Å²) in [6, 6.07) is 2.38. The number of rotatable bonds is 5. The Morgan fingerprint density at radius 3 is 2.65 bits per heavy atom. The van der Waals surface area contributed by atoms with Crippen molar-refractivity contribution < 1.29 is 4.79 Å². The largest absolute Gasteiger partial charge is 0.349 e. The minimum Gasteiger partial charge on any atom is -0.349 e. The second-order valence-corrected chi connectivity index (χ2v) is 5.36. The predicted molar refractivity (Wildman–Crippen MR) is 73.4 cm³/mol. The van der Waals surface area contributed by atoms with Crippen molar-refractivity contribution in [3.63, 3.8) is 0 Å². The summed E-state index contributed by atoms with van der Waals surface area (Å²) in [5.74, 6) is -0.0356. The van der Waals surface area contributed by atoms with Gasteiger partial charge in [-0.25, -0.2) is 0 Å². The molecule has 0 spiro atoms. The number of likely N-dealkylation sites (N-methyl/N-ethyl adjacent to an activating group) is 1. The maximum atomic E-state index is 12.0. The molecule has 4 nitrogen and oxygen atoms in total. The van der Waals surface area contributed by atoms with E-state index >= 15 is 0 Å². The minimum absolute atomic E-state index is 0.0356. The van der Waals surface area contributed by atoms with Gasteiger partial charge in [-0.2, -0.15) is 0 Å². The molecule has 1 amide bonds. The molecule has 1 heterocycles. The highest BCUT2D eigenvalue weighted by atomic mass is 79.9. The Bertz CT molecular complexity index is 387. The van der Waals surface area contributed by atoms with Crippen molar-refractivity contribution in [2.24, 2.45) is 0 Å². The van der Waals surface area contributed by atoms with Crippen molar-refractivity contribution in [3.05, 3.63) is 22.4 Å². The Morgan fingerprint density at radius 1 is 1.47 bits per heavy atom. The van der Waals surface area contributed by atoms with E-state index in [1.807, 2.05) is 30.8 Å². The SMILES string of the molecule is CNC(C)CNC(=O)c1cc(Br)cn1C(C)C. The molecular weight excluding hydrogens is 282 g/mol. The third kappa shape index (κ3) is 3.85. The lowest BCUT2D eigenvalue weighted by Crippen LogP contribution is -2.37. The van der Waals surface area contributed by atoms with E-state index in [4.69, 9.17) is 0 Å². The number of halogens is 1. The molecule has 0 saturated carbocycles. The van der Waals surface area contributed by atoms with Crippen LogP contribution in [0.3, 0.4) is 0 Å². The molecule has 2 N–H and O–H groups in total. The van der Waals surface area contributed by atoms with Crippen LogP contribution in [0.25, 0.3) is 0 Å². The van der Waals surface area contributed by atoms with Crippen molar-refractivity contribution in [1.29, 1.82) is 0 Å². The zero-order valence-corrected chi connectivity index (χ0v) is 12.3. The van der Waals surface area contributed by atoms with E-state index < -0.39 is 0 Å². The summed E-state index contributed by atoms with van der Waals surface area (Å²) in [4.78, 5) is 12.0. The first-order chi connectivity index (χ1) is 7.95. The molecule has 96 valence electrons. The molecule has 0 aromatic carbocycles. The summed E-state index contributed by atoms with van der Waals surface area (Å²) in [6.45, 7) is 6.76. The maximum absolute atomic E-state index is 12.0. The number of nitrogens with one attached hydrogen (secondary N) is 2. The molecule has 0 saturated heterocycles. The van der Waals surface area contributed by atoms with E-state index in [2.05, 4.69) is 40.4 Å². The van der Waals surface area contributed by atoms with Gasteiger partial charge in [-0.1, -0.05) is 0 Å². The van der Waals surface area contributed by atoms with Gasteiger partial charge >= 0.3 is 0 Å². The molecule has 1 aromatic rings. The third-order valence-corrected chi connectivity index (χ3v) is 3.10. The fourth-order valence-electron chi connectivity index (χ4n) is 1.49. The molecule has 0 radical (unpaired) electrons. The molecule has 0 aliphatic heterocycles. The first-order valence-corrected chi connectivity index (χ1v) is 6.57. The van der Waals surface area contributed by atoms with Crippen LogP contribution < -0.4 is 10.6 Å². The third-order valence-electron chi connectivity index (χ3n) is 2.67. The van der Waals surface area contributed by atoms with Crippen molar-refractivity contribution in [3.8, 4) is 0 Å². The highest BCUT2D eigenvalue weighted by molar-refractivity contribution is 9.10. The van der Waals surface area contributed by atoms with E-state index in [9.17, 15) is 4.79 Å². The second kappa shape index (κ2) is 6.21. The highest BCUT2D eigenvalue weighted by Crippen LogP contribution is 2.19. The van der Waals surface area contributed by atoms with Gasteiger partial charge < -0.3 is 15.2 Å². The van der Waals surface area contributed by atoms with Crippen LogP contribution in [0.15, 0.2) is 16.7 Å². The number of amides is 1. The zero-order chi connectivity index (χ0) is 13.0. The van der Waals surface area contributed by atoms with Crippen LogP contribution in [0, 0.1) is 0 Å². The van der Waals surface area contributed by atoms with Crippen LogP contribution in [0.4, 0.5) is 0 Å². The first-order valence-electron chi connectivity index (χ1n) is 5.78. The summed E-state index contributed by atoms with van der Waals surface area (Å²) >= 11 is 3.40. The monoisotopic (exact) mass is 301 g/mol. The van der Waals surface area contributed by atoms with Gasteiger partial charge in [0.25, 0.3) is 5.91 Å². The molecule has 1 aromatic heterocycles. The number of aromatic nitrogens is 1. The molecule has 17 heavy (non-hydrogen) atoms. The smallest absolute Gasteiger partial charge is 0.268 e. The Morgan fingerprint density at radius 2 is 2.12 bits per heavy atom. The van der Waals surface area contributed by atoms with E-state index in [1.165, 1.54) is 0 Å². The molecular formula is C12H20BrN3O. The number of carbonyl (C=O) groups excluding carboxylic acids is 1. The van der Waals surface area contributed by atoms with Crippen LogP contribution >= 0.6 is 15.9 Å². The Balaban J connectivity index is 2.74. The van der Waals surface area contributed by atoms with Gasteiger partial charge in [0.1, 0.15) is 5.69 Å². The van der Waals surface area contributed by atoms with Gasteiger partial charge in [0, 0.05) is 29.3 Å². The normalized spacial score (nSPS) is 12.8. The quantitative estimate of drug-likeness (QED) is 0.875. The molecule has 5 heteroatoms. The average molecular weight is 302 g/mol. The Hall–Kier alpha value is -0.810. The van der Waals surface area contributed by atoms with Gasteiger partial charge in [0.15, 0.2) is 0 Å². The molecule has 0 bridgehead atoms. The van der Waals surface area contributed by atoms with Gasteiger partial charge in [0.05, 0.1) is 0 Å². The maximum Gasteiger partial charge on any atom is 0.268 e. The summed E-state index contributed by atoms with van der Waals surface area (Å²) in [5, 5.41) is 6.00. The van der Waals surface area contributed by atoms with Crippen molar-refractivity contribution in [2.45, 2.75) is 32.9 Å². The molecule has 0 fully saturated rings. The number of hydrogen-bond donors (Lipinski definition) is 2. The number of nitrogens with zero attached hydrogens (tertiary/aromatic N) is 1. The topological polar surface area (TPSA) is 46.1 Å². The highest BCUT2D eigenvalue weighted by Gasteiger charge is 2.14.